The molecule has 1 amide bonds. The second-order valence-electron chi connectivity index (χ2n) is 5.01. The maximum Gasteiger partial charge on any atom is 0.224 e. The molecule has 0 saturated carbocycles. The van der Waals surface area contributed by atoms with E-state index >= 15 is 0 Å². The summed E-state index contributed by atoms with van der Waals surface area (Å²) in [5.74, 6) is 0.639. The molecule has 0 aliphatic heterocycles. The van der Waals surface area contributed by atoms with E-state index in [1.807, 2.05) is 38.1 Å². The van der Waals surface area contributed by atoms with E-state index in [0.717, 1.165) is 5.56 Å². The maximum atomic E-state index is 11.9. The van der Waals surface area contributed by atoms with Crippen molar-refractivity contribution in [1.82, 2.24) is 5.32 Å². The van der Waals surface area contributed by atoms with E-state index in [4.69, 9.17) is 22.7 Å². The van der Waals surface area contributed by atoms with Crippen LogP contribution in [0.2, 0.25) is 0 Å². The predicted octanol–water partition coefficient (Wildman–Crippen LogP) is 1.67. The van der Waals surface area contributed by atoms with Gasteiger partial charge in [0.05, 0.1) is 18.5 Å². The van der Waals surface area contributed by atoms with E-state index in [2.05, 4.69) is 5.32 Å². The van der Waals surface area contributed by atoms with Crippen LogP contribution in [-0.4, -0.2) is 24.6 Å². The first-order chi connectivity index (χ1) is 8.86. The lowest BCUT2D eigenvalue weighted by Gasteiger charge is -2.23. The fraction of sp³-hybridized carbons (Fsp3) is 0.429. The van der Waals surface area contributed by atoms with Crippen molar-refractivity contribution >= 4 is 23.1 Å². The Hall–Kier alpha value is -1.62. The van der Waals surface area contributed by atoms with Crippen molar-refractivity contribution in [2.24, 2.45) is 11.1 Å². The van der Waals surface area contributed by atoms with Gasteiger partial charge in [-0.15, -0.1) is 0 Å². The number of nitrogens with two attached hydrogens (primary N) is 1. The SMILES string of the molecule is COc1ccccc1CC(=O)NCC(C)(C)C(N)=S. The summed E-state index contributed by atoms with van der Waals surface area (Å²) in [5.41, 5.74) is 6.09. The Labute approximate surface area is 119 Å². The molecule has 0 bridgehead atoms. The van der Waals surface area contributed by atoms with E-state index in [0.29, 0.717) is 17.3 Å². The highest BCUT2D eigenvalue weighted by atomic mass is 32.1. The Morgan fingerprint density at radius 2 is 2.05 bits per heavy atom. The van der Waals surface area contributed by atoms with E-state index < -0.39 is 0 Å². The number of amides is 1. The van der Waals surface area contributed by atoms with Crippen LogP contribution in [0.25, 0.3) is 0 Å². The highest BCUT2D eigenvalue weighted by Crippen LogP contribution is 2.18. The molecule has 0 heterocycles. The van der Waals surface area contributed by atoms with Crippen LogP contribution in [0.1, 0.15) is 19.4 Å². The number of hydrogen-bond donors (Lipinski definition) is 2. The molecule has 0 radical (unpaired) electrons. The second kappa shape index (κ2) is 6.52. The van der Waals surface area contributed by atoms with Gasteiger partial charge in [-0.05, 0) is 6.07 Å². The fourth-order valence-electron chi connectivity index (χ4n) is 1.49. The number of para-hydroxylation sites is 1. The molecule has 0 atom stereocenters. The number of ether oxygens (including phenoxy) is 1. The van der Waals surface area contributed by atoms with Crippen LogP contribution in [0.4, 0.5) is 0 Å². The second-order valence-corrected chi connectivity index (χ2v) is 5.45. The number of nitrogens with one attached hydrogen (secondary N) is 1. The summed E-state index contributed by atoms with van der Waals surface area (Å²) in [7, 11) is 1.59. The number of carbonyl (C=O) groups excluding carboxylic acids is 1. The van der Waals surface area contributed by atoms with Crippen molar-refractivity contribution in [2.45, 2.75) is 20.3 Å². The van der Waals surface area contributed by atoms with Crippen molar-refractivity contribution < 1.29 is 9.53 Å². The quantitative estimate of drug-likeness (QED) is 0.778. The van der Waals surface area contributed by atoms with E-state index in [1.54, 1.807) is 7.11 Å². The van der Waals surface area contributed by atoms with E-state index in [9.17, 15) is 4.79 Å². The lowest BCUT2D eigenvalue weighted by molar-refractivity contribution is -0.120. The Bertz CT molecular complexity index is 472. The summed E-state index contributed by atoms with van der Waals surface area (Å²) in [6, 6.07) is 7.46. The molecule has 19 heavy (non-hydrogen) atoms. The van der Waals surface area contributed by atoms with Gasteiger partial charge in [0.25, 0.3) is 0 Å². The lowest BCUT2D eigenvalue weighted by Crippen LogP contribution is -2.41. The average molecular weight is 280 g/mol. The van der Waals surface area contributed by atoms with Crippen molar-refractivity contribution in [3.8, 4) is 5.75 Å². The van der Waals surface area contributed by atoms with Crippen LogP contribution in [-0.2, 0) is 11.2 Å². The van der Waals surface area contributed by atoms with Crippen molar-refractivity contribution in [3.05, 3.63) is 29.8 Å². The number of carbonyl (C=O) groups is 1. The van der Waals surface area contributed by atoms with Crippen LogP contribution in [0.15, 0.2) is 24.3 Å². The number of methoxy groups -OCH3 is 1. The van der Waals surface area contributed by atoms with Gasteiger partial charge in [0.15, 0.2) is 0 Å². The summed E-state index contributed by atoms with van der Waals surface area (Å²) in [6.07, 6.45) is 0.275. The Morgan fingerprint density at radius 1 is 1.42 bits per heavy atom. The summed E-state index contributed by atoms with van der Waals surface area (Å²) >= 11 is 4.96. The highest BCUT2D eigenvalue weighted by Gasteiger charge is 2.22. The van der Waals surface area contributed by atoms with Gasteiger partial charge in [0.1, 0.15) is 5.75 Å². The van der Waals surface area contributed by atoms with Crippen LogP contribution in [0, 0.1) is 5.41 Å². The van der Waals surface area contributed by atoms with Gasteiger partial charge in [0, 0.05) is 17.5 Å². The Morgan fingerprint density at radius 3 is 2.63 bits per heavy atom. The van der Waals surface area contributed by atoms with Crippen molar-refractivity contribution in [3.63, 3.8) is 0 Å². The van der Waals surface area contributed by atoms with Gasteiger partial charge < -0.3 is 15.8 Å². The van der Waals surface area contributed by atoms with Gasteiger partial charge in [-0.25, -0.2) is 0 Å². The van der Waals surface area contributed by atoms with Gasteiger partial charge in [-0.2, -0.15) is 0 Å². The number of rotatable bonds is 6. The first kappa shape index (κ1) is 15.4. The van der Waals surface area contributed by atoms with Gasteiger partial charge >= 0.3 is 0 Å². The third-order valence-corrected chi connectivity index (χ3v) is 3.49. The maximum absolute atomic E-state index is 11.9. The zero-order chi connectivity index (χ0) is 14.5. The minimum Gasteiger partial charge on any atom is -0.496 e. The van der Waals surface area contributed by atoms with Crippen molar-refractivity contribution in [1.29, 1.82) is 0 Å². The molecule has 0 aliphatic carbocycles. The van der Waals surface area contributed by atoms with Gasteiger partial charge in [-0.3, -0.25) is 4.79 Å². The lowest BCUT2D eigenvalue weighted by atomic mass is 9.93. The number of hydrogen-bond acceptors (Lipinski definition) is 3. The first-order valence-corrected chi connectivity index (χ1v) is 6.46. The number of benzene rings is 1. The predicted molar refractivity (Wildman–Crippen MR) is 80.3 cm³/mol. The normalized spacial score (nSPS) is 10.9. The number of thiocarbonyl (C=S) groups is 1. The summed E-state index contributed by atoms with van der Waals surface area (Å²) < 4.78 is 5.21. The average Bonchev–Trinajstić information content (AvgIpc) is 2.37. The molecule has 5 heteroatoms. The molecule has 1 aromatic carbocycles. The minimum absolute atomic E-state index is 0.0752. The Kier molecular flexibility index (Phi) is 5.30. The molecular formula is C14H20N2O2S. The molecule has 0 unspecified atom stereocenters. The molecule has 4 nitrogen and oxygen atoms in total. The standard InChI is InChI=1S/C14H20N2O2S/c1-14(2,13(15)19)9-16-12(17)8-10-6-4-5-7-11(10)18-3/h4-7H,8-9H2,1-3H3,(H2,15,19)(H,16,17). The van der Waals surface area contributed by atoms with E-state index in [-0.39, 0.29) is 17.7 Å². The molecule has 0 spiro atoms. The van der Waals surface area contributed by atoms with Crippen LogP contribution >= 0.6 is 12.2 Å². The molecule has 0 fully saturated rings. The zero-order valence-corrected chi connectivity index (χ0v) is 12.3. The highest BCUT2D eigenvalue weighted by molar-refractivity contribution is 7.80. The van der Waals surface area contributed by atoms with Crippen LogP contribution in [0.3, 0.4) is 0 Å². The molecule has 0 aromatic heterocycles. The minimum atomic E-state index is -0.383. The van der Waals surface area contributed by atoms with Crippen LogP contribution in [0.5, 0.6) is 5.75 Å². The van der Waals surface area contributed by atoms with Gasteiger partial charge in [0.2, 0.25) is 5.91 Å². The zero-order valence-electron chi connectivity index (χ0n) is 11.5. The molecule has 1 aromatic rings. The third kappa shape index (κ3) is 4.52. The molecular weight excluding hydrogens is 260 g/mol. The monoisotopic (exact) mass is 280 g/mol. The summed E-state index contributed by atoms with van der Waals surface area (Å²) in [6.45, 7) is 4.23. The summed E-state index contributed by atoms with van der Waals surface area (Å²) in [4.78, 5) is 12.3. The summed E-state index contributed by atoms with van der Waals surface area (Å²) in [5, 5.41) is 2.84. The largest absolute Gasteiger partial charge is 0.496 e. The Balaban J connectivity index is 2.59. The molecule has 1 rings (SSSR count). The molecule has 0 aliphatic rings. The van der Waals surface area contributed by atoms with Crippen LogP contribution < -0.4 is 15.8 Å². The fourth-order valence-corrected chi connectivity index (χ4v) is 1.56. The molecule has 104 valence electrons. The first-order valence-electron chi connectivity index (χ1n) is 6.05. The van der Waals surface area contributed by atoms with E-state index in [1.165, 1.54) is 0 Å². The van der Waals surface area contributed by atoms with Gasteiger partial charge in [-0.1, -0.05) is 44.3 Å². The molecule has 3 N–H and O–H groups in total. The molecule has 0 saturated heterocycles. The smallest absolute Gasteiger partial charge is 0.224 e. The topological polar surface area (TPSA) is 64.3 Å². The van der Waals surface area contributed by atoms with Crippen molar-refractivity contribution in [2.75, 3.05) is 13.7 Å². The third-order valence-electron chi connectivity index (χ3n) is 2.94.